The lowest BCUT2D eigenvalue weighted by Crippen LogP contribution is -2.48. The molecule has 0 saturated heterocycles. The first-order valence-corrected chi connectivity index (χ1v) is 6.61. The third kappa shape index (κ3) is 3.53. The van der Waals surface area contributed by atoms with E-state index < -0.39 is 24.0 Å². The predicted molar refractivity (Wildman–Crippen MR) is 76.2 cm³/mol. The second kappa shape index (κ2) is 6.15. The van der Waals surface area contributed by atoms with E-state index in [0.29, 0.717) is 16.3 Å². The Morgan fingerprint density at radius 3 is 2.76 bits per heavy atom. The third-order valence-corrected chi connectivity index (χ3v) is 3.25. The Morgan fingerprint density at radius 2 is 2.14 bits per heavy atom. The van der Waals surface area contributed by atoms with Gasteiger partial charge in [-0.3, -0.25) is 4.79 Å². The number of amides is 1. The zero-order valence-corrected chi connectivity index (χ0v) is 11.9. The van der Waals surface area contributed by atoms with Crippen molar-refractivity contribution in [2.75, 3.05) is 6.61 Å². The molecule has 0 bridgehead atoms. The van der Waals surface area contributed by atoms with Gasteiger partial charge in [-0.1, -0.05) is 11.6 Å². The number of halogens is 1. The Morgan fingerprint density at radius 1 is 1.43 bits per heavy atom. The van der Waals surface area contributed by atoms with Crippen LogP contribution in [0.15, 0.2) is 23.8 Å². The van der Waals surface area contributed by atoms with E-state index in [0.717, 1.165) is 0 Å². The normalized spacial score (nSPS) is 16.0. The SMILES string of the molecule is CC(O)C(NC(=O)C1=Cc2cc(Cl)ccc2OC1)C(=O)O. The number of carboxylic acids is 1. The van der Waals surface area contributed by atoms with Gasteiger partial charge in [0.25, 0.3) is 5.91 Å². The molecule has 3 N–H and O–H groups in total. The first-order chi connectivity index (χ1) is 9.88. The number of aliphatic hydroxyl groups is 1. The Kier molecular flexibility index (Phi) is 4.50. The lowest BCUT2D eigenvalue weighted by Gasteiger charge is -2.21. The van der Waals surface area contributed by atoms with Crippen LogP contribution in [0.3, 0.4) is 0 Å². The molecule has 2 rings (SSSR count). The number of carbonyl (C=O) groups is 2. The molecule has 1 amide bonds. The van der Waals surface area contributed by atoms with Crippen LogP contribution < -0.4 is 10.1 Å². The van der Waals surface area contributed by atoms with E-state index in [2.05, 4.69) is 5.32 Å². The summed E-state index contributed by atoms with van der Waals surface area (Å²) in [7, 11) is 0. The fourth-order valence-electron chi connectivity index (χ4n) is 1.90. The van der Waals surface area contributed by atoms with Crippen LogP contribution in [0.25, 0.3) is 6.08 Å². The van der Waals surface area contributed by atoms with E-state index in [1.165, 1.54) is 6.92 Å². The van der Waals surface area contributed by atoms with Gasteiger partial charge in [-0.2, -0.15) is 0 Å². The minimum Gasteiger partial charge on any atom is -0.488 e. The van der Waals surface area contributed by atoms with Crippen molar-refractivity contribution in [2.24, 2.45) is 0 Å². The van der Waals surface area contributed by atoms with E-state index >= 15 is 0 Å². The van der Waals surface area contributed by atoms with Gasteiger partial charge in [-0.15, -0.1) is 0 Å². The maximum Gasteiger partial charge on any atom is 0.328 e. The molecule has 112 valence electrons. The van der Waals surface area contributed by atoms with Crippen molar-refractivity contribution >= 4 is 29.6 Å². The molecule has 0 aliphatic carbocycles. The largest absolute Gasteiger partial charge is 0.488 e. The molecule has 1 aromatic carbocycles. The number of benzene rings is 1. The van der Waals surface area contributed by atoms with Crippen LogP contribution in [0.5, 0.6) is 5.75 Å². The maximum atomic E-state index is 12.0. The number of hydrogen-bond acceptors (Lipinski definition) is 4. The Bertz CT molecular complexity index is 611. The summed E-state index contributed by atoms with van der Waals surface area (Å²) in [6.45, 7) is 1.31. The predicted octanol–water partition coefficient (Wildman–Crippen LogP) is 1.07. The first-order valence-electron chi connectivity index (χ1n) is 6.23. The summed E-state index contributed by atoms with van der Waals surface area (Å²) < 4.78 is 5.42. The smallest absolute Gasteiger partial charge is 0.328 e. The molecule has 1 aliphatic rings. The standard InChI is InChI=1S/C14H14ClNO5/c1-7(17)12(14(19)20)16-13(18)9-4-8-5-10(15)2-3-11(8)21-6-9/h2-5,7,12,17H,6H2,1H3,(H,16,18)(H,19,20). The quantitative estimate of drug-likeness (QED) is 0.773. The summed E-state index contributed by atoms with van der Waals surface area (Å²) in [6, 6.07) is 3.64. The highest BCUT2D eigenvalue weighted by atomic mass is 35.5. The van der Waals surface area contributed by atoms with Gasteiger partial charge >= 0.3 is 5.97 Å². The second-order valence-corrected chi connectivity index (χ2v) is 5.11. The number of carbonyl (C=O) groups excluding carboxylic acids is 1. The first kappa shape index (κ1) is 15.3. The van der Waals surface area contributed by atoms with Gasteiger partial charge in [0.05, 0.1) is 11.7 Å². The maximum absolute atomic E-state index is 12.0. The molecule has 1 aromatic rings. The van der Waals surface area contributed by atoms with Crippen LogP contribution in [-0.2, 0) is 9.59 Å². The lowest BCUT2D eigenvalue weighted by molar-refractivity contribution is -0.144. The minimum atomic E-state index is -1.38. The highest BCUT2D eigenvalue weighted by Gasteiger charge is 2.27. The van der Waals surface area contributed by atoms with E-state index in [-0.39, 0.29) is 12.2 Å². The molecule has 0 fully saturated rings. The van der Waals surface area contributed by atoms with E-state index in [4.69, 9.17) is 21.4 Å². The van der Waals surface area contributed by atoms with Gasteiger partial charge in [-0.25, -0.2) is 4.79 Å². The van der Waals surface area contributed by atoms with Gasteiger partial charge in [0, 0.05) is 10.6 Å². The Hall–Kier alpha value is -2.05. The number of hydrogen-bond donors (Lipinski definition) is 3. The van der Waals surface area contributed by atoms with Crippen molar-refractivity contribution in [1.29, 1.82) is 0 Å². The number of ether oxygens (including phenoxy) is 1. The monoisotopic (exact) mass is 311 g/mol. The molecule has 2 unspecified atom stereocenters. The number of fused-ring (bicyclic) bond motifs is 1. The average molecular weight is 312 g/mol. The molecule has 0 saturated carbocycles. The fourth-order valence-corrected chi connectivity index (χ4v) is 2.08. The van der Waals surface area contributed by atoms with Crippen molar-refractivity contribution in [2.45, 2.75) is 19.1 Å². The molecular weight excluding hydrogens is 298 g/mol. The highest BCUT2D eigenvalue weighted by Crippen LogP contribution is 2.28. The molecule has 0 radical (unpaired) electrons. The van der Waals surface area contributed by atoms with E-state index in [9.17, 15) is 14.7 Å². The summed E-state index contributed by atoms with van der Waals surface area (Å²) in [5.41, 5.74) is 0.902. The number of aliphatic carboxylic acids is 1. The number of nitrogens with one attached hydrogen (secondary N) is 1. The van der Waals surface area contributed by atoms with Gasteiger partial charge < -0.3 is 20.3 Å². The molecule has 21 heavy (non-hydrogen) atoms. The van der Waals surface area contributed by atoms with Crippen molar-refractivity contribution < 1.29 is 24.5 Å². The summed E-state index contributed by atoms with van der Waals surface area (Å²) in [6.07, 6.45) is 0.374. The second-order valence-electron chi connectivity index (χ2n) is 4.67. The van der Waals surface area contributed by atoms with Crippen molar-refractivity contribution in [3.05, 3.63) is 34.4 Å². The van der Waals surface area contributed by atoms with Crippen molar-refractivity contribution in [3.63, 3.8) is 0 Å². The van der Waals surface area contributed by atoms with Crippen LogP contribution >= 0.6 is 11.6 Å². The van der Waals surface area contributed by atoms with Crippen molar-refractivity contribution in [1.82, 2.24) is 5.32 Å². The number of rotatable bonds is 4. The molecule has 7 heteroatoms. The summed E-state index contributed by atoms with van der Waals surface area (Å²) in [5.74, 6) is -1.31. The molecule has 1 aliphatic heterocycles. The zero-order valence-electron chi connectivity index (χ0n) is 11.2. The fraction of sp³-hybridized carbons (Fsp3) is 0.286. The molecule has 6 nitrogen and oxygen atoms in total. The summed E-state index contributed by atoms with van der Waals surface area (Å²) in [4.78, 5) is 23.0. The van der Waals surface area contributed by atoms with Crippen molar-refractivity contribution in [3.8, 4) is 5.75 Å². The average Bonchev–Trinajstić information content (AvgIpc) is 2.42. The van der Waals surface area contributed by atoms with Crippen LogP contribution in [-0.4, -0.2) is 40.8 Å². The van der Waals surface area contributed by atoms with Crippen LogP contribution in [0.2, 0.25) is 5.02 Å². The van der Waals surface area contributed by atoms with E-state index in [1.807, 2.05) is 0 Å². The third-order valence-electron chi connectivity index (χ3n) is 3.01. The van der Waals surface area contributed by atoms with Gasteiger partial charge in [0.1, 0.15) is 12.4 Å². The van der Waals surface area contributed by atoms with Gasteiger partial charge in [-0.05, 0) is 31.2 Å². The highest BCUT2D eigenvalue weighted by molar-refractivity contribution is 6.30. The minimum absolute atomic E-state index is 0.0205. The van der Waals surface area contributed by atoms with Crippen LogP contribution in [0.4, 0.5) is 0 Å². The van der Waals surface area contributed by atoms with Crippen LogP contribution in [0.1, 0.15) is 12.5 Å². The zero-order chi connectivity index (χ0) is 15.6. The molecule has 0 spiro atoms. The molecular formula is C14H14ClNO5. The summed E-state index contributed by atoms with van der Waals surface area (Å²) in [5, 5.41) is 21.1. The molecule has 0 aromatic heterocycles. The van der Waals surface area contributed by atoms with Crippen LogP contribution in [0, 0.1) is 0 Å². The molecule has 2 atom stereocenters. The molecule has 1 heterocycles. The topological polar surface area (TPSA) is 95.9 Å². The Labute approximate surface area is 126 Å². The summed E-state index contributed by atoms with van der Waals surface area (Å²) >= 11 is 5.88. The lowest BCUT2D eigenvalue weighted by atomic mass is 10.1. The number of aliphatic hydroxyl groups excluding tert-OH is 1. The Balaban J connectivity index is 2.19. The van der Waals surface area contributed by atoms with E-state index in [1.54, 1.807) is 24.3 Å². The number of carboxylic acid groups (broad SMARTS) is 1. The van der Waals surface area contributed by atoms with Gasteiger partial charge in [0.2, 0.25) is 0 Å². The van der Waals surface area contributed by atoms with Gasteiger partial charge in [0.15, 0.2) is 6.04 Å².